The summed E-state index contributed by atoms with van der Waals surface area (Å²) in [5.41, 5.74) is 0. The Kier molecular flexibility index (Phi) is 4.64. The lowest BCUT2D eigenvalue weighted by atomic mass is 10.3. The molecular weight excluding hydrogens is 370 g/mol. The van der Waals surface area contributed by atoms with Crippen LogP contribution in [0.25, 0.3) is 0 Å². The van der Waals surface area contributed by atoms with Crippen LogP contribution in [-0.2, 0) is 14.8 Å². The van der Waals surface area contributed by atoms with Crippen molar-refractivity contribution in [2.75, 3.05) is 26.7 Å². The van der Waals surface area contributed by atoms with Crippen LogP contribution in [0.4, 0.5) is 8.78 Å². The molecule has 116 valence electrons. The summed E-state index contributed by atoms with van der Waals surface area (Å²) in [5, 5.41) is 0. The van der Waals surface area contributed by atoms with Crippen molar-refractivity contribution in [3.05, 3.63) is 28.2 Å². The van der Waals surface area contributed by atoms with Gasteiger partial charge in [0.15, 0.2) is 0 Å². The fraction of sp³-hybridized carbons (Fsp3) is 0.417. The Balaban J connectivity index is 2.45. The van der Waals surface area contributed by atoms with E-state index in [1.165, 1.54) is 4.90 Å². The highest BCUT2D eigenvalue weighted by atomic mass is 79.9. The molecule has 1 aromatic rings. The van der Waals surface area contributed by atoms with Crippen LogP contribution in [-0.4, -0.2) is 50.2 Å². The van der Waals surface area contributed by atoms with Crippen LogP contribution in [0.15, 0.2) is 21.5 Å². The number of hydrogen-bond acceptors (Lipinski definition) is 3. The van der Waals surface area contributed by atoms with Gasteiger partial charge in [0, 0.05) is 30.7 Å². The van der Waals surface area contributed by atoms with Crippen molar-refractivity contribution >= 4 is 31.9 Å². The number of carbonyl (C=O) groups excluding carboxylic acids is 1. The van der Waals surface area contributed by atoms with Gasteiger partial charge in [-0.3, -0.25) is 4.79 Å². The van der Waals surface area contributed by atoms with Crippen molar-refractivity contribution in [2.24, 2.45) is 0 Å². The largest absolute Gasteiger partial charge is 0.345 e. The van der Waals surface area contributed by atoms with Gasteiger partial charge in [0.05, 0.1) is 6.54 Å². The SMILES string of the molecule is CN1CCCN(S(=O)(=O)c2c(F)cc(F)cc2Br)CC1=O. The van der Waals surface area contributed by atoms with E-state index in [-0.39, 0.29) is 23.5 Å². The Morgan fingerprint density at radius 1 is 1.24 bits per heavy atom. The number of hydrogen-bond donors (Lipinski definition) is 0. The molecule has 1 amide bonds. The minimum absolute atomic E-state index is 0.0989. The van der Waals surface area contributed by atoms with E-state index in [0.717, 1.165) is 10.4 Å². The molecule has 0 N–H and O–H groups in total. The number of likely N-dealkylation sites (N-methyl/N-ethyl adjacent to an activating group) is 1. The zero-order valence-electron chi connectivity index (χ0n) is 11.1. The maximum atomic E-state index is 13.9. The van der Waals surface area contributed by atoms with Gasteiger partial charge in [0.2, 0.25) is 15.9 Å². The second-order valence-corrected chi connectivity index (χ2v) is 7.44. The van der Waals surface area contributed by atoms with E-state index < -0.39 is 26.6 Å². The molecule has 0 aromatic heterocycles. The van der Waals surface area contributed by atoms with E-state index in [2.05, 4.69) is 15.9 Å². The molecule has 1 aliphatic heterocycles. The summed E-state index contributed by atoms with van der Waals surface area (Å²) in [5.74, 6) is -2.44. The van der Waals surface area contributed by atoms with Gasteiger partial charge in [-0.1, -0.05) is 0 Å². The van der Waals surface area contributed by atoms with Crippen molar-refractivity contribution in [1.82, 2.24) is 9.21 Å². The number of rotatable bonds is 2. The monoisotopic (exact) mass is 382 g/mol. The number of nitrogens with zero attached hydrogens (tertiary/aromatic N) is 2. The maximum absolute atomic E-state index is 13.9. The van der Waals surface area contributed by atoms with Crippen LogP contribution in [0.3, 0.4) is 0 Å². The predicted molar refractivity (Wildman–Crippen MR) is 75.1 cm³/mol. The van der Waals surface area contributed by atoms with Gasteiger partial charge in [0.1, 0.15) is 16.5 Å². The lowest BCUT2D eigenvalue weighted by molar-refractivity contribution is -0.129. The first kappa shape index (κ1) is 16.3. The lowest BCUT2D eigenvalue weighted by Crippen LogP contribution is -2.38. The van der Waals surface area contributed by atoms with Crippen LogP contribution >= 0.6 is 15.9 Å². The number of benzene rings is 1. The first-order valence-corrected chi connectivity index (χ1v) is 8.35. The van der Waals surface area contributed by atoms with Crippen molar-refractivity contribution in [1.29, 1.82) is 0 Å². The zero-order valence-corrected chi connectivity index (χ0v) is 13.5. The van der Waals surface area contributed by atoms with E-state index in [0.29, 0.717) is 19.0 Å². The highest BCUT2D eigenvalue weighted by Gasteiger charge is 2.33. The molecule has 1 aromatic carbocycles. The van der Waals surface area contributed by atoms with E-state index >= 15 is 0 Å². The Hall–Kier alpha value is -1.06. The van der Waals surface area contributed by atoms with Crippen molar-refractivity contribution in [2.45, 2.75) is 11.3 Å². The van der Waals surface area contributed by atoms with E-state index in [9.17, 15) is 22.0 Å². The van der Waals surface area contributed by atoms with Crippen LogP contribution in [0.5, 0.6) is 0 Å². The molecule has 0 atom stereocenters. The number of carbonyl (C=O) groups is 1. The van der Waals surface area contributed by atoms with E-state index in [4.69, 9.17) is 0 Å². The molecule has 1 aliphatic rings. The minimum Gasteiger partial charge on any atom is -0.345 e. The molecule has 1 heterocycles. The van der Waals surface area contributed by atoms with Gasteiger partial charge >= 0.3 is 0 Å². The summed E-state index contributed by atoms with van der Waals surface area (Å²) in [6, 6.07) is 1.38. The molecule has 0 radical (unpaired) electrons. The molecule has 1 saturated heterocycles. The Morgan fingerprint density at radius 3 is 2.52 bits per heavy atom. The fourth-order valence-electron chi connectivity index (χ4n) is 2.07. The second kappa shape index (κ2) is 5.98. The first-order valence-electron chi connectivity index (χ1n) is 6.12. The third-order valence-corrected chi connectivity index (χ3v) is 6.01. The third-order valence-electron chi connectivity index (χ3n) is 3.20. The summed E-state index contributed by atoms with van der Waals surface area (Å²) in [6.45, 7) is 0.168. The Labute approximate surface area is 129 Å². The third kappa shape index (κ3) is 3.24. The topological polar surface area (TPSA) is 57.7 Å². The molecular formula is C12H13BrF2N2O3S. The van der Waals surface area contributed by atoms with Crippen molar-refractivity contribution in [3.63, 3.8) is 0 Å². The molecule has 2 rings (SSSR count). The van der Waals surface area contributed by atoms with E-state index in [1.807, 2.05) is 0 Å². The molecule has 5 nitrogen and oxygen atoms in total. The summed E-state index contributed by atoms with van der Waals surface area (Å²) in [6.07, 6.45) is 0.446. The number of halogens is 3. The molecule has 0 unspecified atom stereocenters. The van der Waals surface area contributed by atoms with Gasteiger partial charge in [-0.2, -0.15) is 4.31 Å². The van der Waals surface area contributed by atoms with Crippen LogP contribution < -0.4 is 0 Å². The normalized spacial score (nSPS) is 17.9. The molecule has 1 fully saturated rings. The second-order valence-electron chi connectivity index (χ2n) is 4.71. The Bertz CT molecular complexity index is 658. The molecule has 0 spiro atoms. The summed E-state index contributed by atoms with van der Waals surface area (Å²) in [7, 11) is -2.65. The number of sulfonamides is 1. The van der Waals surface area contributed by atoms with Gasteiger partial charge in [-0.15, -0.1) is 0 Å². The molecule has 9 heteroatoms. The number of amides is 1. The predicted octanol–water partition coefficient (Wildman–Crippen LogP) is 1.58. The van der Waals surface area contributed by atoms with Gasteiger partial charge in [-0.25, -0.2) is 17.2 Å². The summed E-state index contributed by atoms with van der Waals surface area (Å²) in [4.78, 5) is 12.6. The quantitative estimate of drug-likeness (QED) is 0.780. The molecule has 0 bridgehead atoms. The van der Waals surface area contributed by atoms with Crippen molar-refractivity contribution < 1.29 is 22.0 Å². The molecule has 21 heavy (non-hydrogen) atoms. The van der Waals surface area contributed by atoms with E-state index in [1.54, 1.807) is 7.05 Å². The molecule has 0 saturated carbocycles. The highest BCUT2D eigenvalue weighted by Crippen LogP contribution is 2.29. The average Bonchev–Trinajstić information content (AvgIpc) is 2.50. The Morgan fingerprint density at radius 2 is 1.90 bits per heavy atom. The van der Waals surface area contributed by atoms with Gasteiger partial charge < -0.3 is 4.90 Å². The van der Waals surface area contributed by atoms with Crippen LogP contribution in [0.2, 0.25) is 0 Å². The van der Waals surface area contributed by atoms with Gasteiger partial charge in [-0.05, 0) is 28.4 Å². The lowest BCUT2D eigenvalue weighted by Gasteiger charge is -2.20. The first-order chi connectivity index (χ1) is 9.73. The van der Waals surface area contributed by atoms with Crippen LogP contribution in [0, 0.1) is 11.6 Å². The molecule has 0 aliphatic carbocycles. The summed E-state index contributed by atoms with van der Waals surface area (Å²) < 4.78 is 52.7. The fourth-order valence-corrected chi connectivity index (χ4v) is 4.61. The van der Waals surface area contributed by atoms with Gasteiger partial charge in [0.25, 0.3) is 0 Å². The average molecular weight is 383 g/mol. The standard InChI is InChI=1S/C12H13BrF2N2O3S/c1-16-3-2-4-17(7-11(16)18)21(19,20)12-9(13)5-8(14)6-10(12)15/h5-6H,2-4,7H2,1H3. The minimum atomic E-state index is -4.22. The van der Waals surface area contributed by atoms with Crippen LogP contribution in [0.1, 0.15) is 6.42 Å². The highest BCUT2D eigenvalue weighted by molar-refractivity contribution is 9.10. The van der Waals surface area contributed by atoms with Crippen molar-refractivity contribution in [3.8, 4) is 0 Å². The smallest absolute Gasteiger partial charge is 0.247 e. The summed E-state index contributed by atoms with van der Waals surface area (Å²) >= 11 is 2.87. The maximum Gasteiger partial charge on any atom is 0.247 e. The zero-order chi connectivity index (χ0) is 15.8.